The van der Waals surface area contributed by atoms with Gasteiger partial charge in [0.05, 0.1) is 16.3 Å². The predicted molar refractivity (Wildman–Crippen MR) is 77.8 cm³/mol. The van der Waals surface area contributed by atoms with Crippen molar-refractivity contribution in [1.82, 2.24) is 0 Å². The molecule has 0 saturated carbocycles. The summed E-state index contributed by atoms with van der Waals surface area (Å²) in [6.07, 6.45) is 0. The van der Waals surface area contributed by atoms with Crippen LogP contribution in [-0.2, 0) is 0 Å². The van der Waals surface area contributed by atoms with Gasteiger partial charge in [0, 0.05) is 4.90 Å². The quantitative estimate of drug-likeness (QED) is 0.793. The van der Waals surface area contributed by atoms with Crippen molar-refractivity contribution >= 4 is 35.8 Å². The fourth-order valence-electron chi connectivity index (χ4n) is 1.66. The van der Waals surface area contributed by atoms with E-state index in [0.29, 0.717) is 15.5 Å². The Labute approximate surface area is 121 Å². The number of amides is 1. The third-order valence-corrected chi connectivity index (χ3v) is 3.26. The number of rotatable bonds is 2. The Morgan fingerprint density at radius 1 is 1.32 bits per heavy atom. The maximum absolute atomic E-state index is 13.6. The van der Waals surface area contributed by atoms with E-state index in [2.05, 4.69) is 17.9 Å². The highest BCUT2D eigenvalue weighted by Crippen LogP contribution is 2.23. The molecule has 0 heterocycles. The van der Waals surface area contributed by atoms with Gasteiger partial charge in [-0.3, -0.25) is 4.79 Å². The minimum absolute atomic E-state index is 0.160. The molecule has 0 aromatic heterocycles. The zero-order chi connectivity index (χ0) is 14.0. The Hall–Kier alpha value is -1.52. The number of hydrogen-bond donors (Lipinski definition) is 2. The average molecular weight is 296 g/mol. The second-order valence-corrected chi connectivity index (χ2v) is 4.97. The molecule has 98 valence electrons. The molecule has 1 N–H and O–H groups in total. The van der Waals surface area contributed by atoms with Crippen molar-refractivity contribution in [3.05, 3.63) is 58.4 Å². The van der Waals surface area contributed by atoms with E-state index in [1.54, 1.807) is 31.2 Å². The smallest absolute Gasteiger partial charge is 0.257 e. The summed E-state index contributed by atoms with van der Waals surface area (Å²) in [5.74, 6) is -0.944. The van der Waals surface area contributed by atoms with Gasteiger partial charge in [0.15, 0.2) is 0 Å². The summed E-state index contributed by atoms with van der Waals surface area (Å²) in [6, 6.07) is 9.39. The van der Waals surface area contributed by atoms with Gasteiger partial charge in [-0.1, -0.05) is 23.7 Å². The Morgan fingerprint density at radius 3 is 2.74 bits per heavy atom. The van der Waals surface area contributed by atoms with Crippen LogP contribution in [-0.4, -0.2) is 5.91 Å². The van der Waals surface area contributed by atoms with Crippen LogP contribution in [0.3, 0.4) is 0 Å². The van der Waals surface area contributed by atoms with E-state index in [-0.39, 0.29) is 11.3 Å². The normalized spacial score (nSPS) is 10.3. The number of aryl methyl sites for hydroxylation is 1. The highest BCUT2D eigenvalue weighted by molar-refractivity contribution is 7.80. The molecule has 0 bridgehead atoms. The maximum atomic E-state index is 13.6. The summed E-state index contributed by atoms with van der Waals surface area (Å²) in [6.45, 7) is 1.72. The lowest BCUT2D eigenvalue weighted by atomic mass is 10.1. The van der Waals surface area contributed by atoms with Crippen LogP contribution in [0.5, 0.6) is 0 Å². The van der Waals surface area contributed by atoms with Gasteiger partial charge in [-0.05, 0) is 36.8 Å². The van der Waals surface area contributed by atoms with Crippen LogP contribution in [0.2, 0.25) is 5.02 Å². The second kappa shape index (κ2) is 5.63. The monoisotopic (exact) mass is 295 g/mol. The fourth-order valence-corrected chi connectivity index (χ4v) is 2.07. The molecule has 19 heavy (non-hydrogen) atoms. The van der Waals surface area contributed by atoms with Crippen LogP contribution in [0.4, 0.5) is 10.1 Å². The van der Waals surface area contributed by atoms with E-state index in [1.807, 2.05) is 0 Å². The van der Waals surface area contributed by atoms with Crippen LogP contribution >= 0.6 is 24.2 Å². The topological polar surface area (TPSA) is 29.1 Å². The fraction of sp³-hybridized carbons (Fsp3) is 0.0714. The molecule has 0 aliphatic rings. The van der Waals surface area contributed by atoms with Crippen LogP contribution in [0.25, 0.3) is 0 Å². The van der Waals surface area contributed by atoms with Gasteiger partial charge in [-0.15, -0.1) is 12.6 Å². The number of nitrogens with one attached hydrogen (secondary N) is 1. The summed E-state index contributed by atoms with van der Waals surface area (Å²) >= 11 is 10.1. The molecule has 0 saturated heterocycles. The molecule has 2 aromatic carbocycles. The number of halogens is 2. The van der Waals surface area contributed by atoms with Crippen LogP contribution in [0.1, 0.15) is 15.9 Å². The minimum Gasteiger partial charge on any atom is -0.319 e. The van der Waals surface area contributed by atoms with E-state index in [9.17, 15) is 9.18 Å². The summed E-state index contributed by atoms with van der Waals surface area (Å²) in [4.78, 5) is 12.7. The van der Waals surface area contributed by atoms with Crippen LogP contribution in [0, 0.1) is 12.7 Å². The third-order valence-electron chi connectivity index (χ3n) is 2.66. The predicted octanol–water partition coefficient (Wildman–Crippen LogP) is 4.33. The lowest BCUT2D eigenvalue weighted by Crippen LogP contribution is -2.14. The minimum atomic E-state index is -0.480. The molecule has 5 heteroatoms. The number of carbonyl (C=O) groups excluding carboxylic acids is 1. The van der Waals surface area contributed by atoms with Gasteiger partial charge in [0.2, 0.25) is 0 Å². The van der Waals surface area contributed by atoms with Crippen molar-refractivity contribution < 1.29 is 9.18 Å². The summed E-state index contributed by atoms with van der Waals surface area (Å²) in [5, 5.41) is 2.83. The highest BCUT2D eigenvalue weighted by Gasteiger charge is 2.14. The maximum Gasteiger partial charge on any atom is 0.257 e. The van der Waals surface area contributed by atoms with Gasteiger partial charge in [0.25, 0.3) is 5.91 Å². The molecule has 2 nitrogen and oxygen atoms in total. The molecule has 2 aromatic rings. The van der Waals surface area contributed by atoms with Gasteiger partial charge < -0.3 is 5.32 Å². The Kier molecular flexibility index (Phi) is 4.12. The first kappa shape index (κ1) is 13.9. The lowest BCUT2D eigenvalue weighted by Gasteiger charge is -2.10. The number of para-hydroxylation sites is 1. The number of anilines is 1. The van der Waals surface area contributed by atoms with Crippen molar-refractivity contribution in [3.8, 4) is 0 Å². The molecule has 0 aliphatic heterocycles. The molecule has 2 rings (SSSR count). The molecular weight excluding hydrogens is 285 g/mol. The summed E-state index contributed by atoms with van der Waals surface area (Å²) in [5.41, 5.74) is 1.07. The van der Waals surface area contributed by atoms with E-state index < -0.39 is 11.7 Å². The van der Waals surface area contributed by atoms with E-state index in [0.717, 1.165) is 0 Å². The number of thiol groups is 1. The Morgan fingerprint density at radius 2 is 2.05 bits per heavy atom. The molecule has 0 fully saturated rings. The second-order valence-electron chi connectivity index (χ2n) is 4.05. The third kappa shape index (κ3) is 3.08. The first-order valence-electron chi connectivity index (χ1n) is 5.54. The Bertz CT molecular complexity index is 625. The zero-order valence-corrected chi connectivity index (χ0v) is 11.7. The molecule has 0 radical (unpaired) electrons. The molecule has 0 atom stereocenters. The first-order chi connectivity index (χ1) is 8.99. The SMILES string of the molecule is Cc1cccc(F)c1NC(=O)c1cc(S)ccc1Cl. The van der Waals surface area contributed by atoms with Crippen LogP contribution in [0.15, 0.2) is 41.3 Å². The van der Waals surface area contributed by atoms with E-state index >= 15 is 0 Å². The largest absolute Gasteiger partial charge is 0.319 e. The molecule has 1 amide bonds. The van der Waals surface area contributed by atoms with Crippen LogP contribution < -0.4 is 5.32 Å². The first-order valence-corrected chi connectivity index (χ1v) is 6.36. The van der Waals surface area contributed by atoms with Gasteiger partial charge in [-0.2, -0.15) is 0 Å². The lowest BCUT2D eigenvalue weighted by molar-refractivity contribution is 0.102. The number of carbonyl (C=O) groups is 1. The summed E-state index contributed by atoms with van der Waals surface area (Å²) in [7, 11) is 0. The molecule has 0 unspecified atom stereocenters. The van der Waals surface area contributed by atoms with E-state index in [1.165, 1.54) is 12.1 Å². The van der Waals surface area contributed by atoms with Crippen molar-refractivity contribution in [2.45, 2.75) is 11.8 Å². The molecular formula is C14H11ClFNOS. The van der Waals surface area contributed by atoms with Crippen molar-refractivity contribution in [1.29, 1.82) is 0 Å². The Balaban J connectivity index is 2.34. The van der Waals surface area contributed by atoms with Gasteiger partial charge in [-0.25, -0.2) is 4.39 Å². The number of hydrogen-bond acceptors (Lipinski definition) is 2. The van der Waals surface area contributed by atoms with Crippen molar-refractivity contribution in [2.24, 2.45) is 0 Å². The number of benzene rings is 2. The van der Waals surface area contributed by atoms with Gasteiger partial charge in [0.1, 0.15) is 5.82 Å². The standard InChI is InChI=1S/C14H11ClFNOS/c1-8-3-2-4-12(16)13(8)17-14(18)10-7-9(19)5-6-11(10)15/h2-7,19H,1H3,(H,17,18). The van der Waals surface area contributed by atoms with Gasteiger partial charge >= 0.3 is 0 Å². The average Bonchev–Trinajstić information content (AvgIpc) is 2.37. The zero-order valence-electron chi connectivity index (χ0n) is 10.1. The van der Waals surface area contributed by atoms with E-state index in [4.69, 9.17) is 11.6 Å². The van der Waals surface area contributed by atoms with Crippen molar-refractivity contribution in [2.75, 3.05) is 5.32 Å². The summed E-state index contributed by atoms with van der Waals surface area (Å²) < 4.78 is 13.6. The molecule has 0 spiro atoms. The van der Waals surface area contributed by atoms with Crippen molar-refractivity contribution in [3.63, 3.8) is 0 Å². The molecule has 0 aliphatic carbocycles. The highest BCUT2D eigenvalue weighted by atomic mass is 35.5.